The van der Waals surface area contributed by atoms with Gasteiger partial charge in [-0.05, 0) is 35.0 Å². The standard InChI is InChI=1S/C16H13N5O4/c22-15(23)14-18-20-21(19-14)13-8-6-12(7-9-13)17-16(24)25-10-11-4-2-1-3-5-11/h1-9H,10H2,(H,17,24)(H,22,23). The molecule has 0 aliphatic carbocycles. The Labute approximate surface area is 141 Å². The molecule has 2 aromatic carbocycles. The van der Waals surface area contributed by atoms with Gasteiger partial charge in [-0.1, -0.05) is 30.3 Å². The molecule has 1 amide bonds. The number of carboxylic acid groups (broad SMARTS) is 1. The largest absolute Gasteiger partial charge is 0.475 e. The summed E-state index contributed by atoms with van der Waals surface area (Å²) in [6.07, 6.45) is -0.580. The number of rotatable bonds is 5. The Morgan fingerprint density at radius 3 is 2.44 bits per heavy atom. The second kappa shape index (κ2) is 7.21. The molecule has 0 radical (unpaired) electrons. The van der Waals surface area contributed by atoms with Gasteiger partial charge in [0.2, 0.25) is 0 Å². The fraction of sp³-hybridized carbons (Fsp3) is 0.0625. The Hall–Kier alpha value is -3.75. The molecule has 0 unspecified atom stereocenters. The van der Waals surface area contributed by atoms with Crippen molar-refractivity contribution in [3.8, 4) is 5.69 Å². The van der Waals surface area contributed by atoms with Crippen molar-refractivity contribution in [1.29, 1.82) is 0 Å². The highest BCUT2D eigenvalue weighted by atomic mass is 16.5. The van der Waals surface area contributed by atoms with Crippen molar-refractivity contribution in [2.24, 2.45) is 0 Å². The summed E-state index contributed by atoms with van der Waals surface area (Å²) in [6, 6.07) is 15.8. The van der Waals surface area contributed by atoms with Crippen LogP contribution in [0, 0.1) is 0 Å². The average molecular weight is 339 g/mol. The third-order valence-corrected chi connectivity index (χ3v) is 3.16. The molecule has 0 bridgehead atoms. The molecular formula is C16H13N5O4. The zero-order valence-corrected chi connectivity index (χ0v) is 12.9. The third-order valence-electron chi connectivity index (χ3n) is 3.16. The molecule has 9 heteroatoms. The monoisotopic (exact) mass is 339 g/mol. The molecule has 0 fully saturated rings. The van der Waals surface area contributed by atoms with Crippen molar-refractivity contribution in [3.63, 3.8) is 0 Å². The van der Waals surface area contributed by atoms with E-state index in [-0.39, 0.29) is 6.61 Å². The van der Waals surface area contributed by atoms with Crippen molar-refractivity contribution >= 4 is 17.7 Å². The molecule has 3 rings (SSSR count). The minimum Gasteiger partial charge on any atom is -0.475 e. The predicted octanol–water partition coefficient (Wildman–Crippen LogP) is 2.11. The number of ether oxygens (including phenoxy) is 1. The predicted molar refractivity (Wildman–Crippen MR) is 86.4 cm³/mol. The van der Waals surface area contributed by atoms with Crippen molar-refractivity contribution in [2.45, 2.75) is 6.61 Å². The van der Waals surface area contributed by atoms with Gasteiger partial charge in [0.1, 0.15) is 6.61 Å². The molecule has 1 heterocycles. The second-order valence-electron chi connectivity index (χ2n) is 4.94. The van der Waals surface area contributed by atoms with Crippen molar-refractivity contribution in [3.05, 3.63) is 66.0 Å². The number of nitrogens with one attached hydrogen (secondary N) is 1. The van der Waals surface area contributed by atoms with Crippen LogP contribution in [0.5, 0.6) is 0 Å². The van der Waals surface area contributed by atoms with E-state index in [0.29, 0.717) is 11.4 Å². The van der Waals surface area contributed by atoms with Gasteiger partial charge >= 0.3 is 12.1 Å². The number of nitrogens with zero attached hydrogens (tertiary/aromatic N) is 4. The molecule has 126 valence electrons. The van der Waals surface area contributed by atoms with E-state index in [0.717, 1.165) is 10.4 Å². The second-order valence-corrected chi connectivity index (χ2v) is 4.94. The first-order valence-electron chi connectivity index (χ1n) is 7.23. The maximum atomic E-state index is 11.8. The van der Waals surface area contributed by atoms with Gasteiger partial charge in [0.15, 0.2) is 0 Å². The molecule has 0 aliphatic rings. The first-order chi connectivity index (χ1) is 12.1. The van der Waals surface area contributed by atoms with Crippen LogP contribution >= 0.6 is 0 Å². The van der Waals surface area contributed by atoms with E-state index in [1.54, 1.807) is 24.3 Å². The lowest BCUT2D eigenvalue weighted by molar-refractivity contribution is 0.0683. The Morgan fingerprint density at radius 1 is 1.08 bits per heavy atom. The minimum absolute atomic E-state index is 0.172. The Kier molecular flexibility index (Phi) is 4.65. The molecule has 0 saturated heterocycles. The molecule has 3 aromatic rings. The molecule has 1 aromatic heterocycles. The van der Waals surface area contributed by atoms with E-state index in [1.807, 2.05) is 30.3 Å². The zero-order valence-electron chi connectivity index (χ0n) is 12.9. The summed E-state index contributed by atoms with van der Waals surface area (Å²) in [4.78, 5) is 23.6. The number of carboxylic acids is 1. The number of hydrogen-bond acceptors (Lipinski definition) is 6. The van der Waals surface area contributed by atoms with Crippen LogP contribution < -0.4 is 5.32 Å². The zero-order chi connectivity index (χ0) is 17.6. The van der Waals surface area contributed by atoms with Crippen LogP contribution in [-0.2, 0) is 11.3 Å². The average Bonchev–Trinajstić information content (AvgIpc) is 3.12. The van der Waals surface area contributed by atoms with Crippen LogP contribution in [0.4, 0.5) is 10.5 Å². The Bertz CT molecular complexity index is 877. The number of anilines is 1. The van der Waals surface area contributed by atoms with Gasteiger partial charge in [-0.25, -0.2) is 9.59 Å². The summed E-state index contributed by atoms with van der Waals surface area (Å²) in [6.45, 7) is 0.172. The lowest BCUT2D eigenvalue weighted by Gasteiger charge is -2.07. The van der Waals surface area contributed by atoms with E-state index < -0.39 is 17.9 Å². The van der Waals surface area contributed by atoms with Gasteiger partial charge in [-0.3, -0.25) is 5.32 Å². The van der Waals surface area contributed by atoms with Crippen LogP contribution in [0.15, 0.2) is 54.6 Å². The summed E-state index contributed by atoms with van der Waals surface area (Å²) < 4.78 is 5.12. The van der Waals surface area contributed by atoms with Gasteiger partial charge in [-0.2, -0.15) is 0 Å². The number of aromatic carboxylic acids is 1. The van der Waals surface area contributed by atoms with Gasteiger partial charge in [-0.15, -0.1) is 15.0 Å². The van der Waals surface area contributed by atoms with E-state index >= 15 is 0 Å². The highest BCUT2D eigenvalue weighted by Gasteiger charge is 2.11. The van der Waals surface area contributed by atoms with Crippen LogP contribution in [0.3, 0.4) is 0 Å². The summed E-state index contributed by atoms with van der Waals surface area (Å²) in [5.41, 5.74) is 1.91. The lowest BCUT2D eigenvalue weighted by Crippen LogP contribution is -2.13. The smallest absolute Gasteiger partial charge is 0.411 e. The Morgan fingerprint density at radius 2 is 1.80 bits per heavy atom. The van der Waals surface area contributed by atoms with E-state index in [4.69, 9.17) is 9.84 Å². The van der Waals surface area contributed by atoms with E-state index in [9.17, 15) is 9.59 Å². The molecular weight excluding hydrogens is 326 g/mol. The lowest BCUT2D eigenvalue weighted by atomic mass is 10.2. The first kappa shape index (κ1) is 16.1. The van der Waals surface area contributed by atoms with Gasteiger partial charge < -0.3 is 9.84 Å². The molecule has 0 atom stereocenters. The maximum Gasteiger partial charge on any atom is 0.411 e. The topological polar surface area (TPSA) is 119 Å². The number of carbonyl (C=O) groups excluding carboxylic acids is 1. The summed E-state index contributed by atoms with van der Waals surface area (Å²) in [5, 5.41) is 22.1. The quantitative estimate of drug-likeness (QED) is 0.730. The summed E-state index contributed by atoms with van der Waals surface area (Å²) >= 11 is 0. The van der Waals surface area contributed by atoms with Crippen LogP contribution in [0.2, 0.25) is 0 Å². The molecule has 0 aliphatic heterocycles. The Balaban J connectivity index is 1.58. The van der Waals surface area contributed by atoms with E-state index in [2.05, 4.69) is 20.7 Å². The fourth-order valence-corrected chi connectivity index (χ4v) is 1.96. The van der Waals surface area contributed by atoms with Crippen LogP contribution in [0.25, 0.3) is 5.69 Å². The summed E-state index contributed by atoms with van der Waals surface area (Å²) in [7, 11) is 0. The first-order valence-corrected chi connectivity index (χ1v) is 7.23. The van der Waals surface area contributed by atoms with Gasteiger partial charge in [0.25, 0.3) is 5.82 Å². The highest BCUT2D eigenvalue weighted by Crippen LogP contribution is 2.12. The molecule has 0 saturated carbocycles. The maximum absolute atomic E-state index is 11.8. The number of aromatic nitrogens is 4. The fourth-order valence-electron chi connectivity index (χ4n) is 1.96. The summed E-state index contributed by atoms with van der Waals surface area (Å²) in [5.74, 6) is -1.66. The molecule has 0 spiro atoms. The number of hydrogen-bond donors (Lipinski definition) is 2. The van der Waals surface area contributed by atoms with E-state index in [1.165, 1.54) is 0 Å². The number of benzene rings is 2. The highest BCUT2D eigenvalue weighted by molar-refractivity contribution is 5.84. The van der Waals surface area contributed by atoms with Gasteiger partial charge in [0, 0.05) is 5.69 Å². The number of amides is 1. The van der Waals surface area contributed by atoms with Crippen molar-refractivity contribution in [1.82, 2.24) is 20.2 Å². The molecule has 25 heavy (non-hydrogen) atoms. The van der Waals surface area contributed by atoms with Crippen molar-refractivity contribution in [2.75, 3.05) is 5.32 Å². The normalized spacial score (nSPS) is 10.2. The molecule has 2 N–H and O–H groups in total. The SMILES string of the molecule is O=C(Nc1ccc(-n2nnc(C(=O)O)n2)cc1)OCc1ccccc1. The molecule has 9 nitrogen and oxygen atoms in total. The third kappa shape index (κ3) is 4.16. The number of carbonyl (C=O) groups is 2. The van der Waals surface area contributed by atoms with Crippen LogP contribution in [0.1, 0.15) is 16.2 Å². The number of tetrazole rings is 1. The van der Waals surface area contributed by atoms with Crippen molar-refractivity contribution < 1.29 is 19.4 Å². The minimum atomic E-state index is -1.26. The van der Waals surface area contributed by atoms with Gasteiger partial charge in [0.05, 0.1) is 5.69 Å². The van der Waals surface area contributed by atoms with Crippen LogP contribution in [-0.4, -0.2) is 37.4 Å².